The van der Waals surface area contributed by atoms with Crippen LogP contribution in [0.15, 0.2) is 63.8 Å². The first-order valence-electron chi connectivity index (χ1n) is 10.5. The molecule has 1 amide bonds. The Morgan fingerprint density at radius 2 is 1.70 bits per heavy atom. The molecular formula is C24H30N4O5. The number of aromatic nitrogens is 1. The molecule has 9 nitrogen and oxygen atoms in total. The van der Waals surface area contributed by atoms with E-state index >= 15 is 0 Å². The standard InChI is InChI=1S/C15H18N2O4.C9H12N2O/c1-9(2)8-12(13(18)19)17(3)15-16-11-7-5-4-6-10(11)14(20)21-15;10-8(9(11)12)6-7-4-2-1-3-5-7/h4-7,9,12H,8H2,1-3H3,(H,18,19);1-5,8H,6,10H2,(H2,11,12)/t12-;8-/m00/s1. The Morgan fingerprint density at radius 3 is 2.27 bits per heavy atom. The van der Waals surface area contributed by atoms with E-state index in [2.05, 4.69) is 4.98 Å². The predicted octanol–water partition coefficient (Wildman–Crippen LogP) is 2.17. The third-order valence-electron chi connectivity index (χ3n) is 4.94. The zero-order chi connectivity index (χ0) is 24.5. The molecule has 0 unspecified atom stereocenters. The normalized spacial score (nSPS) is 12.5. The summed E-state index contributed by atoms with van der Waals surface area (Å²) in [5, 5.41) is 9.73. The van der Waals surface area contributed by atoms with Crippen LogP contribution in [0.3, 0.4) is 0 Å². The van der Waals surface area contributed by atoms with Gasteiger partial charge in [-0.05, 0) is 36.5 Å². The number of hydrogen-bond donors (Lipinski definition) is 3. The second-order valence-electron chi connectivity index (χ2n) is 8.09. The van der Waals surface area contributed by atoms with Crippen LogP contribution in [0.2, 0.25) is 0 Å². The van der Waals surface area contributed by atoms with Crippen molar-refractivity contribution >= 4 is 28.8 Å². The van der Waals surface area contributed by atoms with E-state index in [1.54, 1.807) is 31.3 Å². The minimum absolute atomic E-state index is 0.0201. The second-order valence-corrected chi connectivity index (χ2v) is 8.09. The molecule has 0 aliphatic carbocycles. The zero-order valence-corrected chi connectivity index (χ0v) is 19.0. The molecule has 2 aromatic carbocycles. The van der Waals surface area contributed by atoms with Crippen molar-refractivity contribution in [3.63, 3.8) is 0 Å². The van der Waals surface area contributed by atoms with Crippen LogP contribution in [-0.4, -0.2) is 41.1 Å². The van der Waals surface area contributed by atoms with E-state index in [4.69, 9.17) is 15.9 Å². The van der Waals surface area contributed by atoms with E-state index in [-0.39, 0.29) is 11.9 Å². The van der Waals surface area contributed by atoms with Crippen LogP contribution in [0.25, 0.3) is 10.9 Å². The van der Waals surface area contributed by atoms with Crippen LogP contribution in [0.5, 0.6) is 0 Å². The fourth-order valence-corrected chi connectivity index (χ4v) is 3.13. The number of anilines is 1. The smallest absolute Gasteiger partial charge is 0.348 e. The Bertz CT molecular complexity index is 1130. The fourth-order valence-electron chi connectivity index (χ4n) is 3.13. The molecule has 0 fully saturated rings. The molecule has 0 saturated carbocycles. The van der Waals surface area contributed by atoms with Crippen molar-refractivity contribution in [2.45, 2.75) is 38.8 Å². The van der Waals surface area contributed by atoms with Gasteiger partial charge in [-0.3, -0.25) is 4.79 Å². The second kappa shape index (κ2) is 11.8. The summed E-state index contributed by atoms with van der Waals surface area (Å²) >= 11 is 0. The van der Waals surface area contributed by atoms with E-state index in [1.807, 2.05) is 44.2 Å². The highest BCUT2D eigenvalue weighted by Crippen LogP contribution is 2.19. The number of carboxylic acids is 1. The van der Waals surface area contributed by atoms with Crippen molar-refractivity contribution in [2.75, 3.05) is 11.9 Å². The Kier molecular flexibility index (Phi) is 9.11. The summed E-state index contributed by atoms with van der Waals surface area (Å²) in [7, 11) is 1.57. The van der Waals surface area contributed by atoms with E-state index in [0.29, 0.717) is 23.7 Å². The maximum absolute atomic E-state index is 11.9. The van der Waals surface area contributed by atoms with Gasteiger partial charge in [0.15, 0.2) is 0 Å². The highest BCUT2D eigenvalue weighted by atomic mass is 16.4. The number of rotatable bonds is 8. The van der Waals surface area contributed by atoms with E-state index in [9.17, 15) is 19.5 Å². The van der Waals surface area contributed by atoms with Gasteiger partial charge in [0.2, 0.25) is 5.91 Å². The number of carbonyl (C=O) groups is 2. The van der Waals surface area contributed by atoms with Gasteiger partial charge in [0.1, 0.15) is 6.04 Å². The fraction of sp³-hybridized carbons (Fsp3) is 0.333. The minimum atomic E-state index is -0.969. The Labute approximate surface area is 192 Å². The molecule has 3 aromatic rings. The first kappa shape index (κ1) is 25.5. The quantitative estimate of drug-likeness (QED) is 0.468. The lowest BCUT2D eigenvalue weighted by Crippen LogP contribution is -2.40. The topological polar surface area (TPSA) is 153 Å². The van der Waals surface area contributed by atoms with Gasteiger partial charge in [-0.2, -0.15) is 4.98 Å². The van der Waals surface area contributed by atoms with Crippen molar-refractivity contribution in [1.29, 1.82) is 0 Å². The van der Waals surface area contributed by atoms with Crippen molar-refractivity contribution in [3.05, 3.63) is 70.6 Å². The summed E-state index contributed by atoms with van der Waals surface area (Å²) in [4.78, 5) is 39.6. The maximum atomic E-state index is 11.9. The molecule has 0 saturated heterocycles. The largest absolute Gasteiger partial charge is 0.480 e. The van der Waals surface area contributed by atoms with E-state index in [0.717, 1.165) is 5.56 Å². The average molecular weight is 455 g/mol. The summed E-state index contributed by atoms with van der Waals surface area (Å²) in [6, 6.07) is 15.0. The molecular weight excluding hydrogens is 424 g/mol. The molecule has 0 spiro atoms. The number of carboxylic acid groups (broad SMARTS) is 1. The molecule has 0 bridgehead atoms. The third kappa shape index (κ3) is 7.43. The summed E-state index contributed by atoms with van der Waals surface area (Å²) in [6.07, 6.45) is 0.945. The monoisotopic (exact) mass is 454 g/mol. The molecule has 5 N–H and O–H groups in total. The molecule has 0 aliphatic rings. The summed E-state index contributed by atoms with van der Waals surface area (Å²) in [5.74, 6) is -1.23. The molecule has 1 aromatic heterocycles. The zero-order valence-electron chi connectivity index (χ0n) is 19.0. The van der Waals surface area contributed by atoms with Crippen LogP contribution in [0.4, 0.5) is 6.01 Å². The first-order chi connectivity index (χ1) is 15.6. The van der Waals surface area contributed by atoms with Gasteiger partial charge in [0.05, 0.1) is 16.9 Å². The van der Waals surface area contributed by atoms with Crippen molar-refractivity contribution in [2.24, 2.45) is 17.4 Å². The van der Waals surface area contributed by atoms with Gasteiger partial charge in [-0.15, -0.1) is 0 Å². The molecule has 3 rings (SSSR count). The van der Waals surface area contributed by atoms with Crippen LogP contribution < -0.4 is 22.0 Å². The lowest BCUT2D eigenvalue weighted by atomic mass is 10.0. The number of likely N-dealkylation sites (N-methyl/N-ethyl adjacent to an activating group) is 1. The maximum Gasteiger partial charge on any atom is 0.348 e. The van der Waals surface area contributed by atoms with Gasteiger partial charge in [0.25, 0.3) is 0 Å². The van der Waals surface area contributed by atoms with Crippen molar-refractivity contribution in [3.8, 4) is 0 Å². The van der Waals surface area contributed by atoms with Gasteiger partial charge in [-0.25, -0.2) is 9.59 Å². The number of primary amides is 1. The lowest BCUT2D eigenvalue weighted by molar-refractivity contribution is -0.139. The predicted molar refractivity (Wildman–Crippen MR) is 127 cm³/mol. The third-order valence-corrected chi connectivity index (χ3v) is 4.94. The number of hydrogen-bond acceptors (Lipinski definition) is 7. The summed E-state index contributed by atoms with van der Waals surface area (Å²) in [5.41, 5.74) is 11.5. The van der Waals surface area contributed by atoms with Gasteiger partial charge < -0.3 is 25.9 Å². The van der Waals surface area contributed by atoms with Crippen LogP contribution in [0.1, 0.15) is 25.8 Å². The van der Waals surface area contributed by atoms with Crippen molar-refractivity contribution < 1.29 is 19.1 Å². The van der Waals surface area contributed by atoms with Crippen molar-refractivity contribution in [1.82, 2.24) is 4.98 Å². The number of nitrogens with two attached hydrogens (primary N) is 2. The number of fused-ring (bicyclic) bond motifs is 1. The molecule has 1 heterocycles. The Balaban J connectivity index is 0.000000273. The number of benzene rings is 2. The summed E-state index contributed by atoms with van der Waals surface area (Å²) in [6.45, 7) is 3.88. The Hall–Kier alpha value is -3.72. The van der Waals surface area contributed by atoms with Gasteiger partial charge in [-0.1, -0.05) is 56.3 Å². The molecule has 9 heteroatoms. The molecule has 33 heavy (non-hydrogen) atoms. The average Bonchev–Trinajstić information content (AvgIpc) is 2.77. The highest BCUT2D eigenvalue weighted by molar-refractivity contribution is 5.80. The molecule has 0 radical (unpaired) electrons. The van der Waals surface area contributed by atoms with Crippen LogP contribution >= 0.6 is 0 Å². The van der Waals surface area contributed by atoms with E-state index < -0.39 is 29.6 Å². The van der Waals surface area contributed by atoms with Crippen LogP contribution in [0, 0.1) is 5.92 Å². The van der Waals surface area contributed by atoms with Gasteiger partial charge in [0, 0.05) is 7.05 Å². The first-order valence-corrected chi connectivity index (χ1v) is 10.5. The molecule has 2 atom stereocenters. The van der Waals surface area contributed by atoms with Crippen LogP contribution in [-0.2, 0) is 16.0 Å². The van der Waals surface area contributed by atoms with Gasteiger partial charge >= 0.3 is 17.6 Å². The lowest BCUT2D eigenvalue weighted by Gasteiger charge is -2.25. The SMILES string of the molecule is CC(C)C[C@@H](C(=O)O)N(C)c1nc2ccccc2c(=O)o1.NC(=O)[C@@H](N)Cc1ccccc1. The Morgan fingerprint density at radius 1 is 1.09 bits per heavy atom. The number of nitrogens with zero attached hydrogens (tertiary/aromatic N) is 2. The van der Waals surface area contributed by atoms with E-state index in [1.165, 1.54) is 4.90 Å². The number of para-hydroxylation sites is 1. The highest BCUT2D eigenvalue weighted by Gasteiger charge is 2.26. The summed E-state index contributed by atoms with van der Waals surface area (Å²) < 4.78 is 5.16. The molecule has 176 valence electrons. The number of carbonyl (C=O) groups excluding carboxylic acids is 1. The number of aliphatic carboxylic acids is 1. The minimum Gasteiger partial charge on any atom is -0.480 e. The number of amides is 1. The molecule has 0 aliphatic heterocycles.